The Morgan fingerprint density at radius 3 is 2.61 bits per heavy atom. The summed E-state index contributed by atoms with van der Waals surface area (Å²) in [6.45, 7) is 4.12. The number of nitrogens with two attached hydrogens (primary N) is 1. The van der Waals surface area contributed by atoms with Crippen LogP contribution in [0.3, 0.4) is 0 Å². The van der Waals surface area contributed by atoms with Gasteiger partial charge in [-0.2, -0.15) is 5.26 Å². The summed E-state index contributed by atoms with van der Waals surface area (Å²) in [6.07, 6.45) is 0. The van der Waals surface area contributed by atoms with E-state index in [1.165, 1.54) is 11.1 Å². The molecule has 18 heavy (non-hydrogen) atoms. The third-order valence-electron chi connectivity index (χ3n) is 3.06. The van der Waals surface area contributed by atoms with E-state index >= 15 is 0 Å². The van der Waals surface area contributed by atoms with Crippen LogP contribution in [0.25, 0.3) is 0 Å². The first-order valence-electron chi connectivity index (χ1n) is 5.74. The van der Waals surface area contributed by atoms with Crippen LogP contribution in [0, 0.1) is 25.2 Å². The molecule has 0 spiro atoms. The van der Waals surface area contributed by atoms with Gasteiger partial charge in [-0.05, 0) is 49.2 Å². The van der Waals surface area contributed by atoms with Crippen LogP contribution in [0.2, 0.25) is 0 Å². The molecule has 0 amide bonds. The summed E-state index contributed by atoms with van der Waals surface area (Å²) in [4.78, 5) is 0. The van der Waals surface area contributed by atoms with Gasteiger partial charge in [0.1, 0.15) is 0 Å². The molecule has 3 heteroatoms. The molecule has 0 saturated carbocycles. The van der Waals surface area contributed by atoms with E-state index in [-0.39, 0.29) is 0 Å². The minimum Gasteiger partial charge on any atom is -0.397 e. The van der Waals surface area contributed by atoms with Gasteiger partial charge in [0.15, 0.2) is 0 Å². The summed E-state index contributed by atoms with van der Waals surface area (Å²) >= 11 is 0. The Bertz CT molecular complexity index is 624. The summed E-state index contributed by atoms with van der Waals surface area (Å²) < 4.78 is 0. The molecule has 2 rings (SSSR count). The van der Waals surface area contributed by atoms with Crippen molar-refractivity contribution < 1.29 is 0 Å². The molecular weight excluding hydrogens is 222 g/mol. The van der Waals surface area contributed by atoms with Crippen molar-refractivity contribution in [2.45, 2.75) is 13.8 Å². The highest BCUT2D eigenvalue weighted by molar-refractivity contribution is 5.75. The van der Waals surface area contributed by atoms with Gasteiger partial charge in [-0.25, -0.2) is 0 Å². The summed E-state index contributed by atoms with van der Waals surface area (Å²) in [5.74, 6) is 0. The quantitative estimate of drug-likeness (QED) is 0.786. The first kappa shape index (κ1) is 12.0. The standard InChI is InChI=1S/C15H15N3/c1-10-4-3-5-14(11(10)2)18-15-8-12(9-16)6-7-13(15)17/h3-8,18H,17H2,1-2H3. The molecule has 0 aliphatic heterocycles. The fourth-order valence-electron chi connectivity index (χ4n) is 1.77. The molecule has 2 aromatic rings. The van der Waals surface area contributed by atoms with Crippen LogP contribution in [-0.2, 0) is 0 Å². The monoisotopic (exact) mass is 237 g/mol. The van der Waals surface area contributed by atoms with E-state index in [1.807, 2.05) is 12.1 Å². The Labute approximate surface area is 107 Å². The van der Waals surface area contributed by atoms with E-state index in [0.717, 1.165) is 11.4 Å². The van der Waals surface area contributed by atoms with Crippen LogP contribution in [0.4, 0.5) is 17.1 Å². The Hall–Kier alpha value is -2.47. The zero-order chi connectivity index (χ0) is 13.1. The molecule has 3 nitrogen and oxygen atoms in total. The third-order valence-corrected chi connectivity index (χ3v) is 3.06. The molecule has 0 atom stereocenters. The highest BCUT2D eigenvalue weighted by Gasteiger charge is 2.04. The highest BCUT2D eigenvalue weighted by Crippen LogP contribution is 2.27. The molecule has 0 bridgehead atoms. The van der Waals surface area contributed by atoms with E-state index in [9.17, 15) is 0 Å². The van der Waals surface area contributed by atoms with Crippen LogP contribution in [-0.4, -0.2) is 0 Å². The maximum absolute atomic E-state index is 8.90. The molecule has 2 aromatic carbocycles. The van der Waals surface area contributed by atoms with Gasteiger partial charge in [-0.15, -0.1) is 0 Å². The van der Waals surface area contributed by atoms with Gasteiger partial charge in [-0.3, -0.25) is 0 Å². The molecule has 3 N–H and O–H groups in total. The average molecular weight is 237 g/mol. The van der Waals surface area contributed by atoms with Crippen molar-refractivity contribution in [3.05, 3.63) is 53.1 Å². The zero-order valence-corrected chi connectivity index (χ0v) is 10.5. The molecule has 0 aromatic heterocycles. The number of aryl methyl sites for hydroxylation is 1. The third kappa shape index (κ3) is 2.28. The first-order chi connectivity index (χ1) is 8.61. The predicted molar refractivity (Wildman–Crippen MR) is 74.8 cm³/mol. The second kappa shape index (κ2) is 4.80. The second-order valence-corrected chi connectivity index (χ2v) is 4.29. The van der Waals surface area contributed by atoms with Crippen molar-refractivity contribution in [3.8, 4) is 6.07 Å². The number of benzene rings is 2. The van der Waals surface area contributed by atoms with Gasteiger partial charge in [0.05, 0.1) is 23.0 Å². The summed E-state index contributed by atoms with van der Waals surface area (Å²) in [5, 5.41) is 12.2. The first-order valence-corrected chi connectivity index (χ1v) is 5.74. The van der Waals surface area contributed by atoms with Gasteiger partial charge in [0.25, 0.3) is 0 Å². The van der Waals surface area contributed by atoms with Gasteiger partial charge in [0, 0.05) is 5.69 Å². The lowest BCUT2D eigenvalue weighted by molar-refractivity contribution is 1.33. The average Bonchev–Trinajstić information content (AvgIpc) is 2.37. The van der Waals surface area contributed by atoms with Crippen LogP contribution in [0.1, 0.15) is 16.7 Å². The maximum atomic E-state index is 8.90. The minimum atomic E-state index is 0.594. The Morgan fingerprint density at radius 2 is 1.89 bits per heavy atom. The van der Waals surface area contributed by atoms with E-state index in [1.54, 1.807) is 18.2 Å². The van der Waals surface area contributed by atoms with Crippen molar-refractivity contribution in [2.75, 3.05) is 11.1 Å². The fourth-order valence-corrected chi connectivity index (χ4v) is 1.77. The van der Waals surface area contributed by atoms with Gasteiger partial charge in [-0.1, -0.05) is 12.1 Å². The summed E-state index contributed by atoms with van der Waals surface area (Å²) in [6, 6.07) is 13.4. The number of hydrogen-bond acceptors (Lipinski definition) is 3. The molecule has 0 aliphatic carbocycles. The van der Waals surface area contributed by atoms with Gasteiger partial charge < -0.3 is 11.1 Å². The van der Waals surface area contributed by atoms with Crippen LogP contribution in [0.5, 0.6) is 0 Å². The number of nitrogens with one attached hydrogen (secondary N) is 1. The van der Waals surface area contributed by atoms with E-state index < -0.39 is 0 Å². The highest BCUT2D eigenvalue weighted by atomic mass is 14.9. The number of nitrogen functional groups attached to an aromatic ring is 1. The van der Waals surface area contributed by atoms with E-state index in [4.69, 9.17) is 11.0 Å². The predicted octanol–water partition coefficient (Wildman–Crippen LogP) is 3.50. The molecular formula is C15H15N3. The number of anilines is 3. The fraction of sp³-hybridized carbons (Fsp3) is 0.133. The lowest BCUT2D eigenvalue weighted by Gasteiger charge is -2.13. The summed E-state index contributed by atoms with van der Waals surface area (Å²) in [5.41, 5.74) is 11.3. The van der Waals surface area contributed by atoms with E-state index in [0.29, 0.717) is 11.3 Å². The second-order valence-electron chi connectivity index (χ2n) is 4.29. The normalized spacial score (nSPS) is 9.83. The maximum Gasteiger partial charge on any atom is 0.0992 e. The van der Waals surface area contributed by atoms with Crippen LogP contribution < -0.4 is 11.1 Å². The van der Waals surface area contributed by atoms with Crippen LogP contribution in [0.15, 0.2) is 36.4 Å². The molecule has 0 unspecified atom stereocenters. The number of rotatable bonds is 2. The minimum absolute atomic E-state index is 0.594. The molecule has 0 saturated heterocycles. The molecule has 90 valence electrons. The number of nitrogens with zero attached hydrogens (tertiary/aromatic N) is 1. The van der Waals surface area contributed by atoms with Crippen LogP contribution >= 0.6 is 0 Å². The van der Waals surface area contributed by atoms with Crippen molar-refractivity contribution in [1.29, 1.82) is 5.26 Å². The molecule has 0 radical (unpaired) electrons. The smallest absolute Gasteiger partial charge is 0.0992 e. The Balaban J connectivity index is 2.40. The van der Waals surface area contributed by atoms with Crippen molar-refractivity contribution in [1.82, 2.24) is 0 Å². The zero-order valence-electron chi connectivity index (χ0n) is 10.5. The largest absolute Gasteiger partial charge is 0.397 e. The topological polar surface area (TPSA) is 61.8 Å². The van der Waals surface area contributed by atoms with Crippen molar-refractivity contribution in [3.63, 3.8) is 0 Å². The van der Waals surface area contributed by atoms with Gasteiger partial charge >= 0.3 is 0 Å². The number of nitriles is 1. The lowest BCUT2D eigenvalue weighted by atomic mass is 10.1. The Kier molecular flexibility index (Phi) is 3.20. The Morgan fingerprint density at radius 1 is 1.11 bits per heavy atom. The SMILES string of the molecule is Cc1cccc(Nc2cc(C#N)ccc2N)c1C. The molecule has 0 heterocycles. The van der Waals surface area contributed by atoms with Crippen molar-refractivity contribution >= 4 is 17.1 Å². The lowest BCUT2D eigenvalue weighted by Crippen LogP contribution is -1.99. The molecule has 0 fully saturated rings. The summed E-state index contributed by atoms with van der Waals surface area (Å²) in [7, 11) is 0. The number of hydrogen-bond donors (Lipinski definition) is 2. The van der Waals surface area contributed by atoms with Gasteiger partial charge in [0.2, 0.25) is 0 Å². The molecule has 0 aliphatic rings. The van der Waals surface area contributed by atoms with Crippen molar-refractivity contribution in [2.24, 2.45) is 0 Å². The van der Waals surface area contributed by atoms with E-state index in [2.05, 4.69) is 31.3 Å².